The molecule has 0 atom stereocenters. The molecule has 1 rings (SSSR count). The van der Waals surface area contributed by atoms with E-state index >= 15 is 0 Å². The Bertz CT molecular complexity index is 163. The fourth-order valence-electron chi connectivity index (χ4n) is 0.974. The topological polar surface area (TPSA) is 49.3 Å². The van der Waals surface area contributed by atoms with Crippen LogP contribution in [0.2, 0.25) is 0 Å². The zero-order valence-electron chi connectivity index (χ0n) is 5.76. The Balaban J connectivity index is 2.61. The van der Waals surface area contributed by atoms with Gasteiger partial charge in [0, 0.05) is 18.5 Å². The molecule has 0 amide bonds. The van der Waals surface area contributed by atoms with Gasteiger partial charge >= 0.3 is 0 Å². The molecule has 3 heteroatoms. The van der Waals surface area contributed by atoms with Gasteiger partial charge in [0.15, 0.2) is 5.78 Å². The number of aliphatic hydroxyl groups excluding tert-OH is 1. The van der Waals surface area contributed by atoms with Gasteiger partial charge in [0.2, 0.25) is 0 Å². The molecule has 3 nitrogen and oxygen atoms in total. The molecule has 0 spiro atoms. The minimum Gasteiger partial charge on any atom is -0.515 e. The molecular weight excluding hydrogens is 130 g/mol. The fraction of sp³-hybridized carbons (Fsp3) is 0.571. The first-order valence-electron chi connectivity index (χ1n) is 3.42. The number of carbonyl (C=O) groups excluding carboxylic acids is 1. The van der Waals surface area contributed by atoms with E-state index in [1.807, 2.05) is 0 Å². The summed E-state index contributed by atoms with van der Waals surface area (Å²) in [7, 11) is 0. The van der Waals surface area contributed by atoms with Crippen molar-refractivity contribution in [3.05, 3.63) is 11.8 Å². The quantitative estimate of drug-likeness (QED) is 0.379. The van der Waals surface area contributed by atoms with Gasteiger partial charge in [-0.15, -0.1) is 0 Å². The second-order valence-corrected chi connectivity index (χ2v) is 2.36. The lowest BCUT2D eigenvalue weighted by Gasteiger charge is -1.97. The SMILES string of the molecule is O=C1CCCNC/C1=C\O. The van der Waals surface area contributed by atoms with Crippen LogP contribution in [0.15, 0.2) is 11.8 Å². The third kappa shape index (κ3) is 1.57. The molecule has 2 N–H and O–H groups in total. The number of ketones is 1. The minimum absolute atomic E-state index is 0.0625. The van der Waals surface area contributed by atoms with Crippen LogP contribution in [0.3, 0.4) is 0 Å². The predicted molar refractivity (Wildman–Crippen MR) is 37.8 cm³/mol. The van der Waals surface area contributed by atoms with Gasteiger partial charge in [-0.3, -0.25) is 4.79 Å². The van der Waals surface area contributed by atoms with E-state index < -0.39 is 0 Å². The van der Waals surface area contributed by atoms with Crippen LogP contribution in [0.5, 0.6) is 0 Å². The zero-order valence-corrected chi connectivity index (χ0v) is 5.76. The summed E-state index contributed by atoms with van der Waals surface area (Å²) in [4.78, 5) is 11.0. The maximum absolute atomic E-state index is 11.0. The maximum Gasteiger partial charge on any atom is 0.163 e. The first-order chi connectivity index (χ1) is 4.84. The summed E-state index contributed by atoms with van der Waals surface area (Å²) in [6.45, 7) is 1.37. The Hall–Kier alpha value is -0.830. The molecule has 0 aromatic carbocycles. The van der Waals surface area contributed by atoms with Crippen LogP contribution in [0, 0.1) is 0 Å². The highest BCUT2D eigenvalue weighted by Crippen LogP contribution is 2.04. The van der Waals surface area contributed by atoms with E-state index in [1.54, 1.807) is 0 Å². The fourth-order valence-corrected chi connectivity index (χ4v) is 0.974. The largest absolute Gasteiger partial charge is 0.515 e. The molecule has 56 valence electrons. The van der Waals surface area contributed by atoms with Crippen molar-refractivity contribution in [2.45, 2.75) is 12.8 Å². The van der Waals surface area contributed by atoms with Crippen molar-refractivity contribution in [2.75, 3.05) is 13.1 Å². The van der Waals surface area contributed by atoms with Crippen molar-refractivity contribution in [2.24, 2.45) is 0 Å². The van der Waals surface area contributed by atoms with Crippen LogP contribution in [0.25, 0.3) is 0 Å². The number of Topliss-reactive ketones (excluding diaryl/α,β-unsaturated/α-hetero) is 1. The lowest BCUT2D eigenvalue weighted by atomic mass is 10.1. The Labute approximate surface area is 59.7 Å². The van der Waals surface area contributed by atoms with Gasteiger partial charge in [-0.1, -0.05) is 0 Å². The first kappa shape index (κ1) is 7.28. The molecule has 1 fully saturated rings. The lowest BCUT2D eigenvalue weighted by molar-refractivity contribution is -0.115. The van der Waals surface area contributed by atoms with Gasteiger partial charge in [-0.25, -0.2) is 0 Å². The molecule has 0 aromatic heterocycles. The first-order valence-corrected chi connectivity index (χ1v) is 3.42. The molecule has 10 heavy (non-hydrogen) atoms. The second-order valence-electron chi connectivity index (χ2n) is 2.36. The van der Waals surface area contributed by atoms with Crippen molar-refractivity contribution in [3.63, 3.8) is 0 Å². The van der Waals surface area contributed by atoms with E-state index in [4.69, 9.17) is 5.11 Å². The highest BCUT2D eigenvalue weighted by molar-refractivity contribution is 5.95. The van der Waals surface area contributed by atoms with Gasteiger partial charge in [-0.05, 0) is 13.0 Å². The number of rotatable bonds is 0. The van der Waals surface area contributed by atoms with E-state index in [0.29, 0.717) is 18.5 Å². The Morgan fingerprint density at radius 1 is 1.60 bits per heavy atom. The van der Waals surface area contributed by atoms with Gasteiger partial charge in [0.25, 0.3) is 0 Å². The highest BCUT2D eigenvalue weighted by atomic mass is 16.2. The molecule has 1 heterocycles. The van der Waals surface area contributed by atoms with Crippen LogP contribution >= 0.6 is 0 Å². The van der Waals surface area contributed by atoms with Crippen molar-refractivity contribution >= 4 is 5.78 Å². The number of nitrogens with one attached hydrogen (secondary N) is 1. The standard InChI is InChI=1S/C7H11NO2/c9-5-6-4-8-3-1-2-7(6)10/h5,8-9H,1-4H2/b6-5+. The van der Waals surface area contributed by atoms with E-state index in [2.05, 4.69) is 5.32 Å². The number of hydrogen-bond acceptors (Lipinski definition) is 3. The van der Waals surface area contributed by atoms with Crippen LogP contribution in [-0.4, -0.2) is 24.0 Å². The molecule has 0 aromatic rings. The number of carbonyl (C=O) groups is 1. The smallest absolute Gasteiger partial charge is 0.163 e. The molecule has 1 aliphatic rings. The van der Waals surface area contributed by atoms with Gasteiger partial charge in [0.1, 0.15) is 0 Å². The second kappa shape index (κ2) is 3.37. The summed E-state index contributed by atoms with van der Waals surface area (Å²) < 4.78 is 0. The number of aliphatic hydroxyl groups is 1. The van der Waals surface area contributed by atoms with Gasteiger partial charge < -0.3 is 10.4 Å². The molecule has 0 radical (unpaired) electrons. The highest BCUT2D eigenvalue weighted by Gasteiger charge is 2.11. The number of hydrogen-bond donors (Lipinski definition) is 2. The van der Waals surface area contributed by atoms with E-state index in [1.165, 1.54) is 0 Å². The summed E-state index contributed by atoms with van der Waals surface area (Å²) >= 11 is 0. The molecule has 1 aliphatic heterocycles. The summed E-state index contributed by atoms with van der Waals surface area (Å²) in [6, 6.07) is 0. The lowest BCUT2D eigenvalue weighted by Crippen LogP contribution is -2.16. The monoisotopic (exact) mass is 141 g/mol. The Morgan fingerprint density at radius 3 is 3.10 bits per heavy atom. The van der Waals surface area contributed by atoms with Crippen molar-refractivity contribution in [1.82, 2.24) is 5.32 Å². The van der Waals surface area contributed by atoms with Crippen LogP contribution in [-0.2, 0) is 4.79 Å². The summed E-state index contributed by atoms with van der Waals surface area (Å²) in [5.74, 6) is 0.0625. The Morgan fingerprint density at radius 2 is 2.40 bits per heavy atom. The predicted octanol–water partition coefficient (Wildman–Crippen LogP) is 0.381. The van der Waals surface area contributed by atoms with Crippen LogP contribution < -0.4 is 5.32 Å². The third-order valence-corrected chi connectivity index (χ3v) is 1.59. The summed E-state index contributed by atoms with van der Waals surface area (Å²) in [5.41, 5.74) is 0.498. The molecular formula is C7H11NO2. The van der Waals surface area contributed by atoms with Crippen molar-refractivity contribution in [1.29, 1.82) is 0 Å². The normalized spacial score (nSPS) is 24.8. The summed E-state index contributed by atoms with van der Waals surface area (Å²) in [5, 5.41) is 11.6. The van der Waals surface area contributed by atoms with E-state index in [9.17, 15) is 4.79 Å². The van der Waals surface area contributed by atoms with E-state index in [0.717, 1.165) is 19.2 Å². The molecule has 1 saturated heterocycles. The zero-order chi connectivity index (χ0) is 7.40. The van der Waals surface area contributed by atoms with Crippen LogP contribution in [0.4, 0.5) is 0 Å². The molecule has 0 bridgehead atoms. The molecule has 0 aliphatic carbocycles. The molecule has 0 unspecified atom stereocenters. The van der Waals surface area contributed by atoms with Crippen LogP contribution in [0.1, 0.15) is 12.8 Å². The molecule has 0 saturated carbocycles. The third-order valence-electron chi connectivity index (χ3n) is 1.59. The Kier molecular flexibility index (Phi) is 2.45. The average Bonchev–Trinajstić information content (AvgIpc) is 2.13. The van der Waals surface area contributed by atoms with Gasteiger partial charge in [-0.2, -0.15) is 0 Å². The van der Waals surface area contributed by atoms with Gasteiger partial charge in [0.05, 0.1) is 6.26 Å². The average molecular weight is 141 g/mol. The van der Waals surface area contributed by atoms with Crippen molar-refractivity contribution < 1.29 is 9.90 Å². The minimum atomic E-state index is 0.0625. The maximum atomic E-state index is 11.0. The van der Waals surface area contributed by atoms with Crippen molar-refractivity contribution in [3.8, 4) is 0 Å². The summed E-state index contributed by atoms with van der Waals surface area (Å²) in [6.07, 6.45) is 2.33. The van der Waals surface area contributed by atoms with E-state index in [-0.39, 0.29) is 5.78 Å².